The van der Waals surface area contributed by atoms with Crippen LogP contribution in [0.2, 0.25) is 0 Å². The Morgan fingerprint density at radius 2 is 1.89 bits per heavy atom. The zero-order valence-electron chi connectivity index (χ0n) is 12.0. The molecule has 2 nitrogen and oxygen atoms in total. The summed E-state index contributed by atoms with van der Waals surface area (Å²) in [6.45, 7) is 5.58. The molecule has 1 aromatic heterocycles. The summed E-state index contributed by atoms with van der Waals surface area (Å²) in [6, 6.07) is 0.474. The fraction of sp³-hybridized carbons (Fsp3) is 0.800. The largest absolute Gasteiger partial charge is 0.309 e. The molecule has 0 saturated heterocycles. The molecular formula is C15H28N2S. The van der Waals surface area contributed by atoms with Crippen LogP contribution in [0.4, 0.5) is 0 Å². The molecule has 0 aliphatic heterocycles. The van der Waals surface area contributed by atoms with E-state index in [4.69, 9.17) is 0 Å². The van der Waals surface area contributed by atoms with E-state index in [2.05, 4.69) is 29.5 Å². The molecule has 18 heavy (non-hydrogen) atoms. The maximum Gasteiger partial charge on any atom is 0.0795 e. The Kier molecular flexibility index (Phi) is 9.13. The third kappa shape index (κ3) is 6.50. The van der Waals surface area contributed by atoms with Crippen molar-refractivity contribution in [1.82, 2.24) is 10.3 Å². The van der Waals surface area contributed by atoms with Gasteiger partial charge in [0.25, 0.3) is 0 Å². The number of unbranched alkanes of at least 4 members (excludes halogenated alkanes) is 5. The van der Waals surface area contributed by atoms with Crippen molar-refractivity contribution in [2.75, 3.05) is 6.54 Å². The predicted octanol–water partition coefficient (Wildman–Crippen LogP) is 4.93. The second kappa shape index (κ2) is 10.5. The first-order valence-corrected chi connectivity index (χ1v) is 8.44. The molecule has 0 saturated carbocycles. The fourth-order valence-corrected chi connectivity index (χ4v) is 2.80. The standard InChI is InChI=1S/C15H28N2S/c1-3-5-6-7-8-9-10-14(16-11-4-2)15-12-18-13-17-15/h12-14,16H,3-11H2,1-2H3. The molecule has 0 amide bonds. The first-order chi connectivity index (χ1) is 8.88. The number of aromatic nitrogens is 1. The summed E-state index contributed by atoms with van der Waals surface area (Å²) in [5, 5.41) is 5.80. The van der Waals surface area contributed by atoms with Crippen molar-refractivity contribution in [1.29, 1.82) is 0 Å². The smallest absolute Gasteiger partial charge is 0.0795 e. The van der Waals surface area contributed by atoms with Gasteiger partial charge in [0.15, 0.2) is 0 Å². The van der Waals surface area contributed by atoms with Crippen LogP contribution < -0.4 is 5.32 Å². The monoisotopic (exact) mass is 268 g/mol. The molecule has 0 aromatic carbocycles. The Morgan fingerprint density at radius 3 is 2.56 bits per heavy atom. The molecule has 1 atom stereocenters. The minimum absolute atomic E-state index is 0.474. The molecule has 1 rings (SSSR count). The number of nitrogens with one attached hydrogen (secondary N) is 1. The van der Waals surface area contributed by atoms with Gasteiger partial charge in [-0.15, -0.1) is 11.3 Å². The van der Waals surface area contributed by atoms with Gasteiger partial charge < -0.3 is 5.32 Å². The van der Waals surface area contributed by atoms with Crippen LogP contribution in [0.25, 0.3) is 0 Å². The zero-order valence-corrected chi connectivity index (χ0v) is 12.8. The lowest BCUT2D eigenvalue weighted by atomic mass is 10.0. The summed E-state index contributed by atoms with van der Waals surface area (Å²) in [4.78, 5) is 4.45. The second-order valence-electron chi connectivity index (χ2n) is 4.98. The number of rotatable bonds is 11. The Balaban J connectivity index is 2.20. The molecule has 0 fully saturated rings. The number of hydrogen-bond donors (Lipinski definition) is 1. The highest BCUT2D eigenvalue weighted by molar-refractivity contribution is 7.07. The van der Waals surface area contributed by atoms with Crippen LogP contribution in [-0.2, 0) is 0 Å². The van der Waals surface area contributed by atoms with Crippen molar-refractivity contribution in [3.8, 4) is 0 Å². The highest BCUT2D eigenvalue weighted by Crippen LogP contribution is 2.20. The molecule has 104 valence electrons. The minimum Gasteiger partial charge on any atom is -0.309 e. The van der Waals surface area contributed by atoms with E-state index in [9.17, 15) is 0 Å². The van der Waals surface area contributed by atoms with Crippen LogP contribution in [-0.4, -0.2) is 11.5 Å². The van der Waals surface area contributed by atoms with Crippen LogP contribution in [0.5, 0.6) is 0 Å². The van der Waals surface area contributed by atoms with Crippen molar-refractivity contribution in [2.45, 2.75) is 71.3 Å². The average molecular weight is 268 g/mol. The lowest BCUT2D eigenvalue weighted by Gasteiger charge is -2.16. The van der Waals surface area contributed by atoms with Gasteiger partial charge in [0.05, 0.1) is 17.2 Å². The number of thiazole rings is 1. The molecule has 0 radical (unpaired) electrons. The summed E-state index contributed by atoms with van der Waals surface area (Å²) >= 11 is 1.70. The number of hydrogen-bond acceptors (Lipinski definition) is 3. The lowest BCUT2D eigenvalue weighted by molar-refractivity contribution is 0.460. The highest BCUT2D eigenvalue weighted by Gasteiger charge is 2.11. The molecule has 1 N–H and O–H groups in total. The second-order valence-corrected chi connectivity index (χ2v) is 5.70. The molecule has 1 aromatic rings. The molecular weight excluding hydrogens is 240 g/mol. The van der Waals surface area contributed by atoms with Gasteiger partial charge >= 0.3 is 0 Å². The third-order valence-corrected chi connectivity index (χ3v) is 3.90. The summed E-state index contributed by atoms with van der Waals surface area (Å²) in [5.41, 5.74) is 3.18. The van der Waals surface area contributed by atoms with E-state index in [0.717, 1.165) is 6.54 Å². The van der Waals surface area contributed by atoms with Crippen LogP contribution in [0.15, 0.2) is 10.9 Å². The van der Waals surface area contributed by atoms with E-state index in [1.54, 1.807) is 11.3 Å². The summed E-state index contributed by atoms with van der Waals surface area (Å²) in [5.74, 6) is 0. The van der Waals surface area contributed by atoms with Crippen LogP contribution in [0, 0.1) is 0 Å². The molecule has 3 heteroatoms. The molecule has 0 aliphatic rings. The lowest BCUT2D eigenvalue weighted by Crippen LogP contribution is -2.22. The van der Waals surface area contributed by atoms with Crippen LogP contribution >= 0.6 is 11.3 Å². The van der Waals surface area contributed by atoms with Gasteiger partial charge in [-0.25, -0.2) is 4.98 Å². The van der Waals surface area contributed by atoms with E-state index in [0.29, 0.717) is 6.04 Å². The summed E-state index contributed by atoms with van der Waals surface area (Å²) in [7, 11) is 0. The van der Waals surface area contributed by atoms with E-state index < -0.39 is 0 Å². The van der Waals surface area contributed by atoms with Crippen molar-refractivity contribution >= 4 is 11.3 Å². The maximum absolute atomic E-state index is 4.45. The molecule has 1 heterocycles. The van der Waals surface area contributed by atoms with Crippen LogP contribution in [0.3, 0.4) is 0 Å². The van der Waals surface area contributed by atoms with Gasteiger partial charge in [-0.05, 0) is 19.4 Å². The van der Waals surface area contributed by atoms with Crippen molar-refractivity contribution in [3.63, 3.8) is 0 Å². The summed E-state index contributed by atoms with van der Waals surface area (Å²) < 4.78 is 0. The van der Waals surface area contributed by atoms with Crippen molar-refractivity contribution in [2.24, 2.45) is 0 Å². The Labute approximate surface area is 116 Å². The Hall–Kier alpha value is -0.410. The Bertz CT molecular complexity index is 272. The van der Waals surface area contributed by atoms with E-state index in [1.807, 2.05) is 5.51 Å². The van der Waals surface area contributed by atoms with E-state index in [-0.39, 0.29) is 0 Å². The topological polar surface area (TPSA) is 24.9 Å². The fourth-order valence-electron chi connectivity index (χ4n) is 2.20. The minimum atomic E-state index is 0.474. The van der Waals surface area contributed by atoms with E-state index in [1.165, 1.54) is 57.1 Å². The molecule has 0 spiro atoms. The van der Waals surface area contributed by atoms with Gasteiger partial charge in [-0.2, -0.15) is 0 Å². The zero-order chi connectivity index (χ0) is 13.1. The van der Waals surface area contributed by atoms with Crippen molar-refractivity contribution < 1.29 is 0 Å². The highest BCUT2D eigenvalue weighted by atomic mass is 32.1. The maximum atomic E-state index is 4.45. The first-order valence-electron chi connectivity index (χ1n) is 7.50. The third-order valence-electron chi connectivity index (χ3n) is 3.30. The van der Waals surface area contributed by atoms with Crippen LogP contribution in [0.1, 0.15) is 76.9 Å². The van der Waals surface area contributed by atoms with Gasteiger partial charge in [0.2, 0.25) is 0 Å². The first kappa shape index (κ1) is 15.6. The SMILES string of the molecule is CCCCCCCCC(NCCC)c1cscn1. The molecule has 1 unspecified atom stereocenters. The normalized spacial score (nSPS) is 12.8. The average Bonchev–Trinajstić information content (AvgIpc) is 2.91. The van der Waals surface area contributed by atoms with Gasteiger partial charge in [0, 0.05) is 5.38 Å². The molecule has 0 aliphatic carbocycles. The quantitative estimate of drug-likeness (QED) is 0.575. The summed E-state index contributed by atoms with van der Waals surface area (Å²) in [6.07, 6.45) is 10.6. The van der Waals surface area contributed by atoms with Gasteiger partial charge in [0.1, 0.15) is 0 Å². The van der Waals surface area contributed by atoms with Crippen molar-refractivity contribution in [3.05, 3.63) is 16.6 Å². The Morgan fingerprint density at radius 1 is 1.11 bits per heavy atom. The van der Waals surface area contributed by atoms with Gasteiger partial charge in [-0.1, -0.05) is 52.4 Å². The predicted molar refractivity (Wildman–Crippen MR) is 81.1 cm³/mol. The van der Waals surface area contributed by atoms with E-state index >= 15 is 0 Å². The van der Waals surface area contributed by atoms with Gasteiger partial charge in [-0.3, -0.25) is 0 Å². The number of nitrogens with zero attached hydrogens (tertiary/aromatic N) is 1. The molecule has 0 bridgehead atoms.